The highest BCUT2D eigenvalue weighted by atomic mass is 32.2. The zero-order valence-electron chi connectivity index (χ0n) is 16.3. The molecule has 1 aliphatic rings. The van der Waals surface area contributed by atoms with Crippen LogP contribution in [0.3, 0.4) is 0 Å². The van der Waals surface area contributed by atoms with Gasteiger partial charge in [0.2, 0.25) is 5.82 Å². The highest BCUT2D eigenvalue weighted by Crippen LogP contribution is 2.32. The number of hydrogen-bond acceptors (Lipinski definition) is 8. The lowest BCUT2D eigenvalue weighted by atomic mass is 10.1. The summed E-state index contributed by atoms with van der Waals surface area (Å²) in [6, 6.07) is 6.78. The molecular weight excluding hydrogens is 435 g/mol. The van der Waals surface area contributed by atoms with E-state index in [1.165, 1.54) is 12.1 Å². The Morgan fingerprint density at radius 1 is 1.19 bits per heavy atom. The highest BCUT2D eigenvalue weighted by Gasteiger charge is 2.46. The standard InChI is InChI=1S/C18H18F3N7O2S/c1-12-9-28(14-2-4-15(5-3-14)31(29,30)18(19,20)21)11-27(12)10-13-6-7-22-8-16(13)17-23-25-26-24-17/h2-8,12H,9-11H2,1H3,(H,23,24,25,26). The first-order valence-electron chi connectivity index (χ1n) is 9.24. The molecule has 1 unspecified atom stereocenters. The summed E-state index contributed by atoms with van der Waals surface area (Å²) >= 11 is 0. The Kier molecular flexibility index (Phi) is 5.39. The number of hydrogen-bond donors (Lipinski definition) is 1. The van der Waals surface area contributed by atoms with Gasteiger partial charge in [-0.05, 0) is 48.0 Å². The van der Waals surface area contributed by atoms with Crippen molar-refractivity contribution in [2.45, 2.75) is 29.9 Å². The minimum atomic E-state index is -5.36. The van der Waals surface area contributed by atoms with Crippen molar-refractivity contribution >= 4 is 15.5 Å². The topological polar surface area (TPSA) is 108 Å². The normalized spacial score (nSPS) is 17.9. The van der Waals surface area contributed by atoms with Crippen molar-refractivity contribution < 1.29 is 21.6 Å². The SMILES string of the molecule is CC1CN(c2ccc(S(=O)(=O)C(F)(F)F)cc2)CN1Cc1ccncc1-c1nn[nH]n1. The second-order valence-corrected chi connectivity index (χ2v) is 9.11. The lowest BCUT2D eigenvalue weighted by Gasteiger charge is -2.22. The molecule has 3 aromatic rings. The van der Waals surface area contributed by atoms with E-state index >= 15 is 0 Å². The second-order valence-electron chi connectivity index (χ2n) is 7.17. The minimum Gasteiger partial charge on any atom is -0.357 e. The maximum atomic E-state index is 12.7. The fourth-order valence-electron chi connectivity index (χ4n) is 3.47. The quantitative estimate of drug-likeness (QED) is 0.627. The van der Waals surface area contributed by atoms with E-state index in [9.17, 15) is 21.6 Å². The van der Waals surface area contributed by atoms with Gasteiger partial charge in [0, 0.05) is 42.8 Å². The number of nitrogens with one attached hydrogen (secondary N) is 1. The van der Waals surface area contributed by atoms with Gasteiger partial charge >= 0.3 is 5.51 Å². The van der Waals surface area contributed by atoms with E-state index in [4.69, 9.17) is 0 Å². The average molecular weight is 453 g/mol. The largest absolute Gasteiger partial charge is 0.501 e. The summed E-state index contributed by atoms with van der Waals surface area (Å²) in [7, 11) is -5.36. The molecule has 1 fully saturated rings. The first-order valence-corrected chi connectivity index (χ1v) is 10.7. The molecule has 1 aliphatic heterocycles. The zero-order valence-corrected chi connectivity index (χ0v) is 17.1. The molecule has 1 aromatic carbocycles. The third-order valence-corrected chi connectivity index (χ3v) is 6.65. The molecular formula is C18H18F3N7O2S. The van der Waals surface area contributed by atoms with Crippen LogP contribution in [0.1, 0.15) is 12.5 Å². The Balaban J connectivity index is 1.50. The summed E-state index contributed by atoms with van der Waals surface area (Å²) < 4.78 is 61.3. The molecule has 0 bridgehead atoms. The number of nitrogens with zero attached hydrogens (tertiary/aromatic N) is 6. The van der Waals surface area contributed by atoms with Crippen molar-refractivity contribution in [1.82, 2.24) is 30.5 Å². The van der Waals surface area contributed by atoms with Crippen molar-refractivity contribution in [3.63, 3.8) is 0 Å². The number of aromatic nitrogens is 5. The van der Waals surface area contributed by atoms with Gasteiger partial charge in [-0.15, -0.1) is 10.2 Å². The van der Waals surface area contributed by atoms with Gasteiger partial charge in [0.1, 0.15) is 0 Å². The number of anilines is 1. The number of benzene rings is 1. The van der Waals surface area contributed by atoms with E-state index in [1.807, 2.05) is 17.9 Å². The maximum absolute atomic E-state index is 12.7. The smallest absolute Gasteiger partial charge is 0.357 e. The third kappa shape index (κ3) is 4.10. The van der Waals surface area contributed by atoms with E-state index in [0.29, 0.717) is 31.3 Å². The van der Waals surface area contributed by atoms with Gasteiger partial charge in [-0.1, -0.05) is 0 Å². The van der Waals surface area contributed by atoms with Gasteiger partial charge in [-0.3, -0.25) is 9.88 Å². The van der Waals surface area contributed by atoms with E-state index < -0.39 is 20.2 Å². The van der Waals surface area contributed by atoms with Gasteiger partial charge in [-0.2, -0.15) is 18.4 Å². The van der Waals surface area contributed by atoms with Crippen LogP contribution in [0.5, 0.6) is 0 Å². The van der Waals surface area contributed by atoms with Crippen LogP contribution >= 0.6 is 0 Å². The Hall–Kier alpha value is -3.06. The molecule has 2 aromatic heterocycles. The van der Waals surface area contributed by atoms with Crippen LogP contribution in [-0.2, 0) is 16.4 Å². The number of alkyl halides is 3. The van der Waals surface area contributed by atoms with Crippen LogP contribution in [0.15, 0.2) is 47.6 Å². The first-order chi connectivity index (χ1) is 14.7. The van der Waals surface area contributed by atoms with Crippen LogP contribution in [-0.4, -0.2) is 63.7 Å². The second kappa shape index (κ2) is 7.89. The molecule has 164 valence electrons. The van der Waals surface area contributed by atoms with Crippen LogP contribution < -0.4 is 4.90 Å². The molecule has 1 atom stereocenters. The van der Waals surface area contributed by atoms with Crippen LogP contribution in [0, 0.1) is 0 Å². The van der Waals surface area contributed by atoms with E-state index in [1.54, 1.807) is 12.4 Å². The van der Waals surface area contributed by atoms with E-state index in [0.717, 1.165) is 23.3 Å². The van der Waals surface area contributed by atoms with Crippen molar-refractivity contribution in [3.05, 3.63) is 48.3 Å². The molecule has 13 heteroatoms. The molecule has 1 saturated heterocycles. The average Bonchev–Trinajstić information content (AvgIpc) is 3.38. The fourth-order valence-corrected chi connectivity index (χ4v) is 4.23. The van der Waals surface area contributed by atoms with Crippen molar-refractivity contribution in [3.8, 4) is 11.4 Å². The zero-order chi connectivity index (χ0) is 22.2. The summed E-state index contributed by atoms with van der Waals surface area (Å²) in [4.78, 5) is 7.51. The monoisotopic (exact) mass is 453 g/mol. The molecule has 3 heterocycles. The molecule has 31 heavy (non-hydrogen) atoms. The molecule has 0 radical (unpaired) electrons. The summed E-state index contributed by atoms with van der Waals surface area (Å²) in [6.07, 6.45) is 3.34. The summed E-state index contributed by atoms with van der Waals surface area (Å²) in [5.41, 5.74) is -2.97. The van der Waals surface area contributed by atoms with E-state index in [-0.39, 0.29) is 6.04 Å². The predicted molar refractivity (Wildman–Crippen MR) is 104 cm³/mol. The molecule has 0 spiro atoms. The Morgan fingerprint density at radius 3 is 2.58 bits per heavy atom. The van der Waals surface area contributed by atoms with Gasteiger partial charge in [0.05, 0.1) is 11.6 Å². The Bertz CT molecular complexity index is 1150. The molecule has 0 saturated carbocycles. The Morgan fingerprint density at radius 2 is 1.94 bits per heavy atom. The fraction of sp³-hybridized carbons (Fsp3) is 0.333. The number of pyridine rings is 1. The lowest BCUT2D eigenvalue weighted by molar-refractivity contribution is -0.0436. The van der Waals surface area contributed by atoms with Gasteiger partial charge in [0.25, 0.3) is 9.84 Å². The molecule has 9 nitrogen and oxygen atoms in total. The molecule has 0 aliphatic carbocycles. The summed E-state index contributed by atoms with van der Waals surface area (Å²) in [5.74, 6) is 0.438. The number of rotatable bonds is 5. The number of halogens is 3. The lowest BCUT2D eigenvalue weighted by Crippen LogP contribution is -2.28. The number of H-pyrrole nitrogens is 1. The van der Waals surface area contributed by atoms with Gasteiger partial charge in [-0.25, -0.2) is 8.42 Å². The minimum absolute atomic E-state index is 0.143. The number of tetrazole rings is 1. The molecule has 0 amide bonds. The first kappa shape index (κ1) is 21.2. The van der Waals surface area contributed by atoms with E-state index in [2.05, 4.69) is 30.5 Å². The molecule has 1 N–H and O–H groups in total. The van der Waals surface area contributed by atoms with Crippen molar-refractivity contribution in [2.75, 3.05) is 18.1 Å². The maximum Gasteiger partial charge on any atom is 0.501 e. The van der Waals surface area contributed by atoms with Crippen molar-refractivity contribution in [1.29, 1.82) is 0 Å². The van der Waals surface area contributed by atoms with Crippen LogP contribution in [0.25, 0.3) is 11.4 Å². The summed E-state index contributed by atoms with van der Waals surface area (Å²) in [5, 5.41) is 14.0. The van der Waals surface area contributed by atoms with Gasteiger partial charge < -0.3 is 4.90 Å². The predicted octanol–water partition coefficient (Wildman–Crippen LogP) is 2.22. The van der Waals surface area contributed by atoms with Crippen LogP contribution in [0.2, 0.25) is 0 Å². The number of sulfone groups is 1. The molecule has 4 rings (SSSR count). The number of aromatic amines is 1. The summed E-state index contributed by atoms with van der Waals surface area (Å²) in [6.45, 7) is 3.76. The Labute approximate surface area is 175 Å². The third-order valence-electron chi connectivity index (χ3n) is 5.15. The van der Waals surface area contributed by atoms with Gasteiger partial charge in [0.15, 0.2) is 0 Å². The highest BCUT2D eigenvalue weighted by molar-refractivity contribution is 7.92. The van der Waals surface area contributed by atoms with Crippen molar-refractivity contribution in [2.24, 2.45) is 0 Å². The van der Waals surface area contributed by atoms with Crippen LogP contribution in [0.4, 0.5) is 18.9 Å².